The van der Waals surface area contributed by atoms with Crippen molar-refractivity contribution in [1.29, 1.82) is 0 Å². The summed E-state index contributed by atoms with van der Waals surface area (Å²) in [5.74, 6) is 0.118. The lowest BCUT2D eigenvalue weighted by molar-refractivity contribution is -0.137. The van der Waals surface area contributed by atoms with Gasteiger partial charge in [-0.2, -0.15) is 11.8 Å². The molecule has 2 rings (SSSR count). The number of carbonyl (C=O) groups excluding carboxylic acids is 1. The first kappa shape index (κ1) is 15.5. The molecule has 0 radical (unpaired) electrons. The van der Waals surface area contributed by atoms with E-state index < -0.39 is 5.97 Å². The number of carboxylic acid groups (broad SMARTS) is 1. The van der Waals surface area contributed by atoms with E-state index in [-0.39, 0.29) is 23.2 Å². The van der Waals surface area contributed by atoms with E-state index in [4.69, 9.17) is 5.11 Å². The zero-order valence-corrected chi connectivity index (χ0v) is 13.1. The molecule has 0 aromatic carbocycles. The number of carbonyl (C=O) groups is 2. The second-order valence-corrected chi connectivity index (χ2v) is 8.00. The largest absolute Gasteiger partial charge is 0.481 e. The van der Waals surface area contributed by atoms with Crippen molar-refractivity contribution in [2.24, 2.45) is 0 Å². The number of urea groups is 1. The van der Waals surface area contributed by atoms with Crippen molar-refractivity contribution in [1.82, 2.24) is 9.80 Å². The van der Waals surface area contributed by atoms with Crippen molar-refractivity contribution in [2.45, 2.75) is 50.3 Å². The lowest BCUT2D eigenvalue weighted by Gasteiger charge is -2.30. The van der Waals surface area contributed by atoms with Gasteiger partial charge < -0.3 is 14.9 Å². The van der Waals surface area contributed by atoms with Crippen LogP contribution >= 0.6 is 11.8 Å². The van der Waals surface area contributed by atoms with E-state index in [1.807, 2.05) is 16.7 Å². The van der Waals surface area contributed by atoms with Crippen LogP contribution in [0.2, 0.25) is 0 Å². The average molecular weight is 300 g/mol. The van der Waals surface area contributed by atoms with Gasteiger partial charge in [0.2, 0.25) is 0 Å². The smallest absolute Gasteiger partial charge is 0.320 e. The minimum absolute atomic E-state index is 0.0343. The fourth-order valence-corrected chi connectivity index (χ4v) is 3.53. The molecule has 0 bridgehead atoms. The van der Waals surface area contributed by atoms with E-state index in [1.54, 1.807) is 4.90 Å². The molecule has 0 atom stereocenters. The second-order valence-electron chi connectivity index (χ2n) is 6.20. The Morgan fingerprint density at radius 3 is 2.65 bits per heavy atom. The molecule has 0 aromatic heterocycles. The van der Waals surface area contributed by atoms with Crippen LogP contribution < -0.4 is 0 Å². The Balaban J connectivity index is 1.94. The Morgan fingerprint density at radius 1 is 1.35 bits per heavy atom. The fraction of sp³-hybridized carbons (Fsp3) is 0.857. The van der Waals surface area contributed by atoms with E-state index >= 15 is 0 Å². The lowest BCUT2D eigenvalue weighted by Crippen LogP contribution is -2.46. The highest BCUT2D eigenvalue weighted by molar-refractivity contribution is 8.00. The minimum atomic E-state index is -0.837. The Hall–Kier alpha value is -0.910. The maximum atomic E-state index is 12.6. The van der Waals surface area contributed by atoms with Crippen LogP contribution in [-0.2, 0) is 4.79 Å². The Kier molecular flexibility index (Phi) is 4.83. The van der Waals surface area contributed by atoms with Crippen LogP contribution in [0.1, 0.15) is 39.5 Å². The van der Waals surface area contributed by atoms with Gasteiger partial charge in [0.1, 0.15) is 0 Å². The van der Waals surface area contributed by atoms with Crippen LogP contribution in [0.4, 0.5) is 4.79 Å². The molecule has 5 nitrogen and oxygen atoms in total. The van der Waals surface area contributed by atoms with Crippen LogP contribution in [0.15, 0.2) is 0 Å². The van der Waals surface area contributed by atoms with Gasteiger partial charge in [0, 0.05) is 36.2 Å². The summed E-state index contributed by atoms with van der Waals surface area (Å²) in [6.45, 7) is 6.31. The molecule has 2 aliphatic rings. The molecule has 0 unspecified atom stereocenters. The SMILES string of the molecule is CC1(C)CCN(C(=O)N(CCC(=O)O)C2CC2)CCS1. The van der Waals surface area contributed by atoms with Crippen molar-refractivity contribution in [2.75, 3.05) is 25.4 Å². The van der Waals surface area contributed by atoms with Crippen LogP contribution in [0, 0.1) is 0 Å². The summed E-state index contributed by atoms with van der Waals surface area (Å²) in [7, 11) is 0. The Labute approximate surface area is 124 Å². The zero-order valence-electron chi connectivity index (χ0n) is 12.3. The highest BCUT2D eigenvalue weighted by Gasteiger charge is 2.36. The number of hydrogen-bond acceptors (Lipinski definition) is 3. The molecule has 0 spiro atoms. The predicted molar refractivity (Wildman–Crippen MR) is 80.1 cm³/mol. The monoisotopic (exact) mass is 300 g/mol. The standard InChI is InChI=1S/C14H24N2O3S/c1-14(2)6-8-15(9-10-20-14)13(19)16(11-3-4-11)7-5-12(17)18/h11H,3-10H2,1-2H3,(H,17,18). The molecule has 1 aliphatic heterocycles. The second kappa shape index (κ2) is 6.24. The highest BCUT2D eigenvalue weighted by Crippen LogP contribution is 2.32. The maximum Gasteiger partial charge on any atom is 0.320 e. The van der Waals surface area contributed by atoms with Gasteiger partial charge >= 0.3 is 12.0 Å². The Bertz CT molecular complexity index is 383. The Morgan fingerprint density at radius 2 is 2.05 bits per heavy atom. The summed E-state index contributed by atoms with van der Waals surface area (Å²) in [5.41, 5.74) is 0. The average Bonchev–Trinajstić information content (AvgIpc) is 3.17. The van der Waals surface area contributed by atoms with Gasteiger partial charge in [-0.15, -0.1) is 0 Å². The number of hydrogen-bond donors (Lipinski definition) is 1. The molecule has 20 heavy (non-hydrogen) atoms. The fourth-order valence-electron chi connectivity index (χ4n) is 2.43. The van der Waals surface area contributed by atoms with Gasteiger partial charge in [-0.05, 0) is 19.3 Å². The first-order valence-electron chi connectivity index (χ1n) is 7.30. The number of nitrogens with zero attached hydrogens (tertiary/aromatic N) is 2. The van der Waals surface area contributed by atoms with Gasteiger partial charge in [-0.1, -0.05) is 13.8 Å². The van der Waals surface area contributed by atoms with Crippen molar-refractivity contribution in [3.8, 4) is 0 Å². The van der Waals surface area contributed by atoms with E-state index in [0.717, 1.165) is 38.1 Å². The van der Waals surface area contributed by atoms with Gasteiger partial charge in [-0.3, -0.25) is 4.79 Å². The molecule has 1 N–H and O–H groups in total. The van der Waals surface area contributed by atoms with E-state index in [0.29, 0.717) is 6.54 Å². The minimum Gasteiger partial charge on any atom is -0.481 e. The van der Waals surface area contributed by atoms with Crippen molar-refractivity contribution < 1.29 is 14.7 Å². The third kappa shape index (κ3) is 4.30. The molecular weight excluding hydrogens is 276 g/mol. The third-order valence-electron chi connectivity index (χ3n) is 3.91. The molecule has 114 valence electrons. The maximum absolute atomic E-state index is 12.6. The van der Waals surface area contributed by atoms with Crippen LogP contribution in [0.5, 0.6) is 0 Å². The lowest BCUT2D eigenvalue weighted by atomic mass is 10.1. The quantitative estimate of drug-likeness (QED) is 0.865. The molecular formula is C14H24N2O3S. The zero-order chi connectivity index (χ0) is 14.8. The number of thioether (sulfide) groups is 1. The van der Waals surface area contributed by atoms with Gasteiger partial charge in [-0.25, -0.2) is 4.79 Å². The van der Waals surface area contributed by atoms with Gasteiger partial charge in [0.25, 0.3) is 0 Å². The molecule has 1 saturated heterocycles. The number of aliphatic carboxylic acids is 1. The molecule has 2 amide bonds. The summed E-state index contributed by atoms with van der Waals surface area (Å²) in [6.07, 6.45) is 3.05. The summed E-state index contributed by atoms with van der Waals surface area (Å²) < 4.78 is 0.223. The first-order chi connectivity index (χ1) is 9.39. The summed E-state index contributed by atoms with van der Waals surface area (Å²) in [6, 6.07) is 0.304. The van der Waals surface area contributed by atoms with E-state index in [1.165, 1.54) is 0 Å². The summed E-state index contributed by atoms with van der Waals surface area (Å²) in [4.78, 5) is 27.0. The summed E-state index contributed by atoms with van der Waals surface area (Å²) in [5, 5.41) is 8.82. The van der Waals surface area contributed by atoms with Crippen molar-refractivity contribution in [3.05, 3.63) is 0 Å². The number of carboxylic acids is 1. The summed E-state index contributed by atoms with van der Waals surface area (Å²) >= 11 is 1.91. The van der Waals surface area contributed by atoms with Gasteiger partial charge in [0.05, 0.1) is 6.42 Å². The van der Waals surface area contributed by atoms with E-state index in [9.17, 15) is 9.59 Å². The normalized spacial score (nSPS) is 22.2. The van der Waals surface area contributed by atoms with Crippen LogP contribution in [0.25, 0.3) is 0 Å². The molecule has 1 aliphatic carbocycles. The highest BCUT2D eigenvalue weighted by atomic mass is 32.2. The number of amides is 2. The van der Waals surface area contributed by atoms with Crippen LogP contribution in [0.3, 0.4) is 0 Å². The van der Waals surface area contributed by atoms with Crippen LogP contribution in [-0.4, -0.2) is 63.1 Å². The van der Waals surface area contributed by atoms with Crippen molar-refractivity contribution in [3.63, 3.8) is 0 Å². The molecule has 6 heteroatoms. The first-order valence-corrected chi connectivity index (χ1v) is 8.29. The number of rotatable bonds is 4. The molecule has 2 fully saturated rings. The van der Waals surface area contributed by atoms with Crippen molar-refractivity contribution >= 4 is 23.8 Å². The molecule has 1 saturated carbocycles. The predicted octanol–water partition coefficient (Wildman–Crippen LogP) is 2.26. The van der Waals surface area contributed by atoms with E-state index in [2.05, 4.69) is 13.8 Å². The molecule has 0 aromatic rings. The topological polar surface area (TPSA) is 60.9 Å². The van der Waals surface area contributed by atoms with Gasteiger partial charge in [0.15, 0.2) is 0 Å². The third-order valence-corrected chi connectivity index (χ3v) is 5.28. The molecule has 1 heterocycles.